The van der Waals surface area contributed by atoms with E-state index >= 15 is 0 Å². The van der Waals surface area contributed by atoms with Crippen LogP contribution in [-0.4, -0.2) is 44.8 Å². The Hall–Kier alpha value is -2.08. The van der Waals surface area contributed by atoms with Crippen molar-refractivity contribution in [1.82, 2.24) is 5.32 Å². The molecule has 1 aliphatic heterocycles. The summed E-state index contributed by atoms with van der Waals surface area (Å²) in [5.74, 6) is -0.410. The van der Waals surface area contributed by atoms with E-state index in [4.69, 9.17) is 9.47 Å². The fourth-order valence-electron chi connectivity index (χ4n) is 2.10. The van der Waals surface area contributed by atoms with Gasteiger partial charge in [0.15, 0.2) is 6.61 Å². The van der Waals surface area contributed by atoms with Gasteiger partial charge in [0.2, 0.25) is 0 Å². The van der Waals surface area contributed by atoms with Crippen LogP contribution < -0.4 is 10.1 Å². The fourth-order valence-corrected chi connectivity index (χ4v) is 2.10. The van der Waals surface area contributed by atoms with Crippen molar-refractivity contribution < 1.29 is 23.8 Å². The van der Waals surface area contributed by atoms with E-state index in [2.05, 4.69) is 10.1 Å². The highest BCUT2D eigenvalue weighted by Crippen LogP contribution is 2.18. The van der Waals surface area contributed by atoms with Crippen LogP contribution in [0.25, 0.3) is 0 Å². The highest BCUT2D eigenvalue weighted by molar-refractivity contribution is 5.92. The van der Waals surface area contributed by atoms with Crippen LogP contribution in [0.15, 0.2) is 24.3 Å². The monoisotopic (exact) mass is 293 g/mol. The summed E-state index contributed by atoms with van der Waals surface area (Å²) in [6, 6.07) is 6.65. The van der Waals surface area contributed by atoms with Crippen LogP contribution in [0, 0.1) is 0 Å². The van der Waals surface area contributed by atoms with E-state index < -0.39 is 5.97 Å². The molecule has 1 fully saturated rings. The molecule has 1 heterocycles. The highest BCUT2D eigenvalue weighted by Gasteiger charge is 2.17. The molecule has 21 heavy (non-hydrogen) atoms. The van der Waals surface area contributed by atoms with Gasteiger partial charge in [-0.15, -0.1) is 0 Å². The van der Waals surface area contributed by atoms with Crippen LogP contribution in [0.5, 0.6) is 5.75 Å². The Balaban J connectivity index is 1.82. The van der Waals surface area contributed by atoms with Crippen molar-refractivity contribution in [1.29, 1.82) is 0 Å². The number of benzene rings is 1. The van der Waals surface area contributed by atoms with E-state index in [0.717, 1.165) is 19.4 Å². The van der Waals surface area contributed by atoms with Crippen LogP contribution in [0.3, 0.4) is 0 Å². The predicted octanol–water partition coefficient (Wildman–Crippen LogP) is 1.15. The van der Waals surface area contributed by atoms with Gasteiger partial charge in [-0.25, -0.2) is 4.79 Å². The molecule has 1 saturated heterocycles. The quantitative estimate of drug-likeness (QED) is 0.796. The molecular weight excluding hydrogens is 274 g/mol. The second-order valence-electron chi connectivity index (χ2n) is 4.72. The van der Waals surface area contributed by atoms with E-state index in [9.17, 15) is 9.59 Å². The Morgan fingerprint density at radius 1 is 1.38 bits per heavy atom. The summed E-state index contributed by atoms with van der Waals surface area (Å²) in [5.41, 5.74) is 0.298. The molecule has 1 aromatic carbocycles. The second-order valence-corrected chi connectivity index (χ2v) is 4.72. The van der Waals surface area contributed by atoms with E-state index in [-0.39, 0.29) is 18.6 Å². The van der Waals surface area contributed by atoms with Gasteiger partial charge in [0, 0.05) is 13.2 Å². The molecule has 6 nitrogen and oxygen atoms in total. The first kappa shape index (κ1) is 15.3. The molecule has 1 aliphatic rings. The molecule has 1 amide bonds. The Morgan fingerprint density at radius 3 is 2.90 bits per heavy atom. The lowest BCUT2D eigenvalue weighted by Crippen LogP contribution is -2.35. The third-order valence-electron chi connectivity index (χ3n) is 3.20. The number of carbonyl (C=O) groups is 2. The third kappa shape index (κ3) is 4.46. The highest BCUT2D eigenvalue weighted by atomic mass is 16.5. The van der Waals surface area contributed by atoms with Gasteiger partial charge >= 0.3 is 5.97 Å². The average Bonchev–Trinajstić information content (AvgIpc) is 3.04. The van der Waals surface area contributed by atoms with Crippen LogP contribution in [0.4, 0.5) is 0 Å². The summed E-state index contributed by atoms with van der Waals surface area (Å²) in [6.07, 6.45) is 2.09. The fraction of sp³-hybridized carbons (Fsp3) is 0.467. The number of para-hydroxylation sites is 1. The standard InChI is InChI=1S/C15H19NO5/c1-19-15(18)12-6-2-3-7-13(12)21-10-14(17)16-9-11-5-4-8-20-11/h2-3,6-7,11H,4-5,8-10H2,1H3,(H,16,17)/t11-/m0/s1. The van der Waals surface area contributed by atoms with E-state index in [1.807, 2.05) is 0 Å². The summed E-state index contributed by atoms with van der Waals surface area (Å²) < 4.78 is 15.5. The van der Waals surface area contributed by atoms with Gasteiger partial charge in [-0.3, -0.25) is 4.79 Å². The normalized spacial score (nSPS) is 17.3. The number of hydrogen-bond acceptors (Lipinski definition) is 5. The molecule has 1 N–H and O–H groups in total. The number of rotatable bonds is 6. The van der Waals surface area contributed by atoms with Crippen LogP contribution in [0.1, 0.15) is 23.2 Å². The molecule has 1 aromatic rings. The maximum Gasteiger partial charge on any atom is 0.341 e. The Kier molecular flexibility index (Phi) is 5.57. The van der Waals surface area contributed by atoms with Gasteiger partial charge in [0.25, 0.3) is 5.91 Å². The summed E-state index contributed by atoms with van der Waals surface area (Å²) in [6.45, 7) is 1.09. The molecule has 0 unspecified atom stereocenters. The van der Waals surface area contributed by atoms with Crippen molar-refractivity contribution in [3.63, 3.8) is 0 Å². The molecule has 0 aliphatic carbocycles. The van der Waals surface area contributed by atoms with Gasteiger partial charge in [0.05, 0.1) is 13.2 Å². The summed E-state index contributed by atoms with van der Waals surface area (Å²) >= 11 is 0. The molecule has 0 spiro atoms. The van der Waals surface area contributed by atoms with Crippen molar-refractivity contribution in [3.05, 3.63) is 29.8 Å². The third-order valence-corrected chi connectivity index (χ3v) is 3.20. The van der Waals surface area contributed by atoms with Gasteiger partial charge in [-0.2, -0.15) is 0 Å². The predicted molar refractivity (Wildman–Crippen MR) is 75.3 cm³/mol. The number of amides is 1. The SMILES string of the molecule is COC(=O)c1ccccc1OCC(=O)NC[C@@H]1CCCO1. The van der Waals surface area contributed by atoms with Gasteiger partial charge in [-0.1, -0.05) is 12.1 Å². The Morgan fingerprint density at radius 2 is 2.19 bits per heavy atom. The van der Waals surface area contributed by atoms with E-state index in [0.29, 0.717) is 17.9 Å². The molecule has 6 heteroatoms. The molecule has 0 radical (unpaired) electrons. The number of methoxy groups -OCH3 is 1. The maximum atomic E-state index is 11.7. The van der Waals surface area contributed by atoms with E-state index in [1.165, 1.54) is 7.11 Å². The first-order valence-electron chi connectivity index (χ1n) is 6.89. The molecule has 1 atom stereocenters. The minimum atomic E-state index is -0.495. The van der Waals surface area contributed by atoms with Crippen molar-refractivity contribution in [3.8, 4) is 5.75 Å². The molecule has 114 valence electrons. The Bertz CT molecular complexity index is 497. The number of hydrogen-bond donors (Lipinski definition) is 1. The minimum Gasteiger partial charge on any atom is -0.483 e. The van der Waals surface area contributed by atoms with Crippen LogP contribution in [-0.2, 0) is 14.3 Å². The van der Waals surface area contributed by atoms with Crippen LogP contribution in [0.2, 0.25) is 0 Å². The average molecular weight is 293 g/mol. The molecule has 0 aromatic heterocycles. The van der Waals surface area contributed by atoms with Crippen molar-refractivity contribution in [2.24, 2.45) is 0 Å². The summed E-state index contributed by atoms with van der Waals surface area (Å²) in [5, 5.41) is 2.75. The largest absolute Gasteiger partial charge is 0.483 e. The number of ether oxygens (including phenoxy) is 3. The van der Waals surface area contributed by atoms with Gasteiger partial charge in [0.1, 0.15) is 11.3 Å². The van der Waals surface area contributed by atoms with Gasteiger partial charge in [-0.05, 0) is 25.0 Å². The van der Waals surface area contributed by atoms with Crippen molar-refractivity contribution >= 4 is 11.9 Å². The zero-order chi connectivity index (χ0) is 15.1. The first-order chi connectivity index (χ1) is 10.2. The number of carbonyl (C=O) groups excluding carboxylic acids is 2. The zero-order valence-corrected chi connectivity index (χ0v) is 12.0. The first-order valence-corrected chi connectivity index (χ1v) is 6.89. The zero-order valence-electron chi connectivity index (χ0n) is 12.0. The maximum absolute atomic E-state index is 11.7. The number of esters is 1. The number of nitrogens with one attached hydrogen (secondary N) is 1. The lowest BCUT2D eigenvalue weighted by atomic mass is 10.2. The summed E-state index contributed by atoms with van der Waals surface area (Å²) in [4.78, 5) is 23.3. The summed E-state index contributed by atoms with van der Waals surface area (Å²) in [7, 11) is 1.30. The molecule has 2 rings (SSSR count). The van der Waals surface area contributed by atoms with Crippen molar-refractivity contribution in [2.75, 3.05) is 26.9 Å². The van der Waals surface area contributed by atoms with E-state index in [1.54, 1.807) is 24.3 Å². The van der Waals surface area contributed by atoms with Crippen LogP contribution >= 0.6 is 0 Å². The van der Waals surface area contributed by atoms with Gasteiger partial charge < -0.3 is 19.5 Å². The molecular formula is C15H19NO5. The molecule has 0 saturated carbocycles. The lowest BCUT2D eigenvalue weighted by molar-refractivity contribution is -0.123. The van der Waals surface area contributed by atoms with Crippen molar-refractivity contribution in [2.45, 2.75) is 18.9 Å². The minimum absolute atomic E-state index is 0.0938. The lowest BCUT2D eigenvalue weighted by Gasteiger charge is -2.12. The Labute approximate surface area is 123 Å². The smallest absolute Gasteiger partial charge is 0.341 e. The molecule has 0 bridgehead atoms. The second kappa shape index (κ2) is 7.64. The topological polar surface area (TPSA) is 73.9 Å².